The van der Waals surface area contributed by atoms with Gasteiger partial charge in [-0.05, 0) is 42.0 Å². The van der Waals surface area contributed by atoms with Crippen molar-refractivity contribution >= 4 is 23.4 Å². The van der Waals surface area contributed by atoms with Gasteiger partial charge in [0.05, 0.1) is 5.75 Å². The minimum Gasteiger partial charge on any atom is -0.368 e. The van der Waals surface area contributed by atoms with Gasteiger partial charge in [-0.15, -0.1) is 11.8 Å². The highest BCUT2D eigenvalue weighted by Crippen LogP contribution is 2.18. The average Bonchev–Trinajstić information content (AvgIpc) is 2.63. The van der Waals surface area contributed by atoms with Crippen molar-refractivity contribution in [2.45, 2.75) is 5.75 Å². The second-order valence-corrected chi connectivity index (χ2v) is 6.68. The number of anilines is 1. The molecule has 0 unspecified atom stereocenters. The number of benzene rings is 1. The third-order valence-corrected chi connectivity index (χ3v) is 5.06. The number of amides is 1. The van der Waals surface area contributed by atoms with E-state index in [4.69, 9.17) is 0 Å². The molecule has 1 aromatic carbocycles. The Morgan fingerprint density at radius 2 is 1.71 bits per heavy atom. The summed E-state index contributed by atoms with van der Waals surface area (Å²) >= 11 is 1.63. The third kappa shape index (κ3) is 4.47. The van der Waals surface area contributed by atoms with Gasteiger partial charge in [0.2, 0.25) is 5.91 Å². The quantitative estimate of drug-likeness (QED) is 0.835. The highest BCUT2D eigenvalue weighted by atomic mass is 32.2. The number of carbonyl (C=O) groups is 1. The van der Waals surface area contributed by atoms with Crippen molar-refractivity contribution in [3.8, 4) is 0 Å². The first-order chi connectivity index (χ1) is 11.7. The lowest BCUT2D eigenvalue weighted by Crippen LogP contribution is -2.49. The summed E-state index contributed by atoms with van der Waals surface area (Å²) in [5.41, 5.74) is 2.19. The molecule has 4 nitrogen and oxygen atoms in total. The van der Waals surface area contributed by atoms with Crippen LogP contribution in [0.2, 0.25) is 0 Å². The maximum Gasteiger partial charge on any atom is 0.232 e. The molecule has 2 aromatic rings. The maximum absolute atomic E-state index is 13.0. The van der Waals surface area contributed by atoms with Crippen LogP contribution in [0.4, 0.5) is 10.1 Å². The smallest absolute Gasteiger partial charge is 0.232 e. The molecule has 0 aliphatic carbocycles. The molecular formula is C18H20FN3OS. The fourth-order valence-electron chi connectivity index (χ4n) is 2.69. The molecule has 6 heteroatoms. The van der Waals surface area contributed by atoms with Crippen LogP contribution in [0.15, 0.2) is 48.8 Å². The normalized spacial score (nSPS) is 14.7. The predicted molar refractivity (Wildman–Crippen MR) is 95.6 cm³/mol. The summed E-state index contributed by atoms with van der Waals surface area (Å²) in [6.45, 7) is 3.00. The van der Waals surface area contributed by atoms with Crippen LogP contribution in [0.3, 0.4) is 0 Å². The van der Waals surface area contributed by atoms with Gasteiger partial charge in [-0.2, -0.15) is 0 Å². The summed E-state index contributed by atoms with van der Waals surface area (Å²) in [6, 6.07) is 10.5. The summed E-state index contributed by atoms with van der Waals surface area (Å²) in [5, 5.41) is 0. The fraction of sp³-hybridized carbons (Fsp3) is 0.333. The summed E-state index contributed by atoms with van der Waals surface area (Å²) in [6.07, 6.45) is 3.54. The first-order valence-electron chi connectivity index (χ1n) is 7.97. The zero-order chi connectivity index (χ0) is 16.8. The molecule has 1 aliphatic rings. The zero-order valence-corrected chi connectivity index (χ0v) is 14.2. The lowest BCUT2D eigenvalue weighted by molar-refractivity contribution is -0.128. The molecule has 1 fully saturated rings. The van der Waals surface area contributed by atoms with Gasteiger partial charge in [0, 0.05) is 50.0 Å². The van der Waals surface area contributed by atoms with E-state index in [2.05, 4.69) is 9.88 Å². The largest absolute Gasteiger partial charge is 0.368 e. The van der Waals surface area contributed by atoms with Gasteiger partial charge < -0.3 is 9.80 Å². The Bertz CT molecular complexity index is 658. The second kappa shape index (κ2) is 8.15. The molecule has 2 heterocycles. The summed E-state index contributed by atoms with van der Waals surface area (Å²) < 4.78 is 13.0. The van der Waals surface area contributed by atoms with E-state index in [-0.39, 0.29) is 11.7 Å². The molecule has 0 radical (unpaired) electrons. The number of rotatable bonds is 5. The van der Waals surface area contributed by atoms with E-state index < -0.39 is 0 Å². The van der Waals surface area contributed by atoms with Crippen LogP contribution >= 0.6 is 11.8 Å². The van der Waals surface area contributed by atoms with Crippen molar-refractivity contribution < 1.29 is 9.18 Å². The van der Waals surface area contributed by atoms with Crippen LogP contribution in [0.5, 0.6) is 0 Å². The van der Waals surface area contributed by atoms with E-state index in [0.717, 1.165) is 24.5 Å². The van der Waals surface area contributed by atoms with Crippen LogP contribution in [-0.2, 0) is 10.5 Å². The standard InChI is InChI=1S/C18H20FN3OS/c19-16-1-3-17(4-2-16)21-9-11-22(12-10-21)18(23)14-24-13-15-5-7-20-8-6-15/h1-8H,9-14H2. The number of hydrogen-bond donors (Lipinski definition) is 0. The second-order valence-electron chi connectivity index (χ2n) is 5.69. The maximum atomic E-state index is 13.0. The molecule has 1 aliphatic heterocycles. The van der Waals surface area contributed by atoms with Crippen LogP contribution in [0.1, 0.15) is 5.56 Å². The number of carbonyl (C=O) groups excluding carboxylic acids is 1. The van der Waals surface area contributed by atoms with Gasteiger partial charge in [0.25, 0.3) is 0 Å². The van der Waals surface area contributed by atoms with Crippen LogP contribution in [-0.4, -0.2) is 47.7 Å². The molecule has 1 saturated heterocycles. The minimum absolute atomic E-state index is 0.188. The van der Waals surface area contributed by atoms with Crippen molar-refractivity contribution in [2.24, 2.45) is 0 Å². The molecular weight excluding hydrogens is 325 g/mol. The van der Waals surface area contributed by atoms with E-state index in [1.54, 1.807) is 36.3 Å². The van der Waals surface area contributed by atoms with Crippen molar-refractivity contribution in [3.63, 3.8) is 0 Å². The van der Waals surface area contributed by atoms with E-state index in [1.165, 1.54) is 17.7 Å². The summed E-state index contributed by atoms with van der Waals surface area (Å²) in [4.78, 5) is 20.4. The number of aromatic nitrogens is 1. The lowest BCUT2D eigenvalue weighted by atomic mass is 10.2. The van der Waals surface area contributed by atoms with Crippen LogP contribution in [0.25, 0.3) is 0 Å². The van der Waals surface area contributed by atoms with Gasteiger partial charge >= 0.3 is 0 Å². The molecule has 0 bridgehead atoms. The van der Waals surface area contributed by atoms with Gasteiger partial charge in [0.15, 0.2) is 0 Å². The monoisotopic (exact) mass is 345 g/mol. The fourth-order valence-corrected chi connectivity index (χ4v) is 3.58. The van der Waals surface area contributed by atoms with Gasteiger partial charge in [-0.25, -0.2) is 4.39 Å². The van der Waals surface area contributed by atoms with Crippen LogP contribution in [0, 0.1) is 5.82 Å². The molecule has 3 rings (SSSR count). The molecule has 126 valence electrons. The average molecular weight is 345 g/mol. The molecule has 1 aromatic heterocycles. The molecule has 0 saturated carbocycles. The Morgan fingerprint density at radius 1 is 1.04 bits per heavy atom. The van der Waals surface area contributed by atoms with Gasteiger partial charge in [0.1, 0.15) is 5.82 Å². The topological polar surface area (TPSA) is 36.4 Å². The van der Waals surface area contributed by atoms with E-state index in [0.29, 0.717) is 18.8 Å². The first kappa shape index (κ1) is 16.8. The SMILES string of the molecule is O=C(CSCc1ccncc1)N1CCN(c2ccc(F)cc2)CC1. The summed E-state index contributed by atoms with van der Waals surface area (Å²) in [5.74, 6) is 1.29. The highest BCUT2D eigenvalue weighted by molar-refractivity contribution is 7.99. The molecule has 0 atom stereocenters. The van der Waals surface area contributed by atoms with Crippen molar-refractivity contribution in [1.82, 2.24) is 9.88 Å². The molecule has 0 N–H and O–H groups in total. The Hall–Kier alpha value is -2.08. The Kier molecular flexibility index (Phi) is 5.69. The van der Waals surface area contributed by atoms with Crippen molar-refractivity contribution in [1.29, 1.82) is 0 Å². The van der Waals surface area contributed by atoms with E-state index >= 15 is 0 Å². The van der Waals surface area contributed by atoms with E-state index in [9.17, 15) is 9.18 Å². The molecule has 1 amide bonds. The van der Waals surface area contributed by atoms with Crippen LogP contribution < -0.4 is 4.90 Å². The van der Waals surface area contributed by atoms with Gasteiger partial charge in [-0.3, -0.25) is 9.78 Å². The first-order valence-corrected chi connectivity index (χ1v) is 9.13. The number of pyridine rings is 1. The zero-order valence-electron chi connectivity index (χ0n) is 13.4. The van der Waals surface area contributed by atoms with Crippen molar-refractivity contribution in [2.75, 3.05) is 36.8 Å². The number of nitrogens with zero attached hydrogens (tertiary/aromatic N) is 3. The molecule has 0 spiro atoms. The highest BCUT2D eigenvalue weighted by Gasteiger charge is 2.21. The Balaban J connectivity index is 1.42. The number of piperazine rings is 1. The number of thioether (sulfide) groups is 1. The predicted octanol–water partition coefficient (Wildman–Crippen LogP) is 2.80. The van der Waals surface area contributed by atoms with E-state index in [1.807, 2.05) is 17.0 Å². The number of hydrogen-bond acceptors (Lipinski definition) is 4. The Morgan fingerprint density at radius 3 is 2.38 bits per heavy atom. The van der Waals surface area contributed by atoms with Crippen molar-refractivity contribution in [3.05, 3.63) is 60.2 Å². The molecule has 24 heavy (non-hydrogen) atoms. The number of halogens is 1. The van der Waals surface area contributed by atoms with Gasteiger partial charge in [-0.1, -0.05) is 0 Å². The third-order valence-electron chi connectivity index (χ3n) is 4.07. The minimum atomic E-state index is -0.223. The summed E-state index contributed by atoms with van der Waals surface area (Å²) in [7, 11) is 0. The Labute approximate surface area is 145 Å². The lowest BCUT2D eigenvalue weighted by Gasteiger charge is -2.36.